The van der Waals surface area contributed by atoms with Crippen LogP contribution in [0.5, 0.6) is 5.75 Å². The van der Waals surface area contributed by atoms with Crippen molar-refractivity contribution in [1.29, 1.82) is 0 Å². The molecule has 3 rings (SSSR count). The van der Waals surface area contributed by atoms with Crippen LogP contribution in [0.4, 0.5) is 0 Å². The van der Waals surface area contributed by atoms with Gasteiger partial charge in [0.1, 0.15) is 5.75 Å². The highest BCUT2D eigenvalue weighted by Gasteiger charge is 2.13. The molecule has 0 saturated carbocycles. The summed E-state index contributed by atoms with van der Waals surface area (Å²) >= 11 is 0. The lowest BCUT2D eigenvalue weighted by Gasteiger charge is -1.97. The van der Waals surface area contributed by atoms with E-state index in [0.717, 1.165) is 11.0 Å². The lowest BCUT2D eigenvalue weighted by Crippen LogP contribution is -2.03. The van der Waals surface area contributed by atoms with Gasteiger partial charge in [-0.15, -0.1) is 0 Å². The van der Waals surface area contributed by atoms with E-state index < -0.39 is 0 Å². The summed E-state index contributed by atoms with van der Waals surface area (Å²) in [6.07, 6.45) is 0. The molecule has 4 heteroatoms. The molecule has 0 radical (unpaired) electrons. The predicted octanol–water partition coefficient (Wildman–Crippen LogP) is 4.55. The van der Waals surface area contributed by atoms with Gasteiger partial charge < -0.3 is 10.1 Å². The van der Waals surface area contributed by atoms with E-state index in [1.807, 2.05) is 52.0 Å². The standard InChI is InChI=1S/C14H10N2O2.2C2H6/c17-10-7-5-9(6-8-10)13(18)14-15-11-3-1-2-4-12(11)16-14;2*1-2/h1-8,17H,(H,15,16);2*1-2H3. The molecule has 0 fully saturated rings. The van der Waals surface area contributed by atoms with Crippen molar-refractivity contribution in [3.8, 4) is 5.75 Å². The molecular weight excluding hydrogens is 276 g/mol. The Labute approximate surface area is 130 Å². The fourth-order valence-corrected chi connectivity index (χ4v) is 1.81. The van der Waals surface area contributed by atoms with Crippen molar-refractivity contribution in [3.63, 3.8) is 0 Å². The SMILES string of the molecule is CC.CC.O=C(c1ccc(O)cc1)c1nc2ccccc2[nH]1. The molecular formula is C18H22N2O2. The third-order valence-corrected chi connectivity index (χ3v) is 2.73. The first-order valence-corrected chi connectivity index (χ1v) is 7.52. The number of hydrogen-bond donors (Lipinski definition) is 2. The molecule has 0 aliphatic rings. The van der Waals surface area contributed by atoms with Gasteiger partial charge in [-0.1, -0.05) is 39.8 Å². The zero-order valence-electron chi connectivity index (χ0n) is 13.4. The molecule has 0 bridgehead atoms. The number of carbonyl (C=O) groups is 1. The van der Waals surface area contributed by atoms with Gasteiger partial charge in [0.25, 0.3) is 0 Å². The Kier molecular flexibility index (Phi) is 6.83. The van der Waals surface area contributed by atoms with Crippen molar-refractivity contribution in [2.75, 3.05) is 0 Å². The minimum Gasteiger partial charge on any atom is -0.508 e. The summed E-state index contributed by atoms with van der Waals surface area (Å²) in [6, 6.07) is 13.6. The number of carbonyl (C=O) groups excluding carboxylic acids is 1. The van der Waals surface area contributed by atoms with Crippen molar-refractivity contribution in [3.05, 3.63) is 59.9 Å². The number of fused-ring (bicyclic) bond motifs is 1. The molecule has 4 nitrogen and oxygen atoms in total. The lowest BCUT2D eigenvalue weighted by molar-refractivity contribution is 0.103. The van der Waals surface area contributed by atoms with Crippen LogP contribution in [-0.2, 0) is 0 Å². The number of ketones is 1. The zero-order valence-corrected chi connectivity index (χ0v) is 13.4. The molecule has 2 N–H and O–H groups in total. The molecule has 1 heterocycles. The maximum Gasteiger partial charge on any atom is 0.228 e. The van der Waals surface area contributed by atoms with E-state index in [4.69, 9.17) is 0 Å². The van der Waals surface area contributed by atoms with Crippen LogP contribution in [0.2, 0.25) is 0 Å². The summed E-state index contributed by atoms with van der Waals surface area (Å²) in [6.45, 7) is 8.00. The molecule has 1 aromatic heterocycles. The number of imidazole rings is 1. The number of benzene rings is 2. The van der Waals surface area contributed by atoms with Crippen molar-refractivity contribution in [1.82, 2.24) is 9.97 Å². The first-order valence-electron chi connectivity index (χ1n) is 7.52. The molecule has 116 valence electrons. The van der Waals surface area contributed by atoms with Crippen LogP contribution in [0.15, 0.2) is 48.5 Å². The molecule has 0 atom stereocenters. The average Bonchev–Trinajstić information content (AvgIpc) is 3.03. The zero-order chi connectivity index (χ0) is 16.5. The Morgan fingerprint density at radius 3 is 2.14 bits per heavy atom. The highest BCUT2D eigenvalue weighted by molar-refractivity contribution is 6.07. The topological polar surface area (TPSA) is 66.0 Å². The number of para-hydroxylation sites is 2. The Balaban J connectivity index is 0.000000561. The number of aromatic nitrogens is 2. The van der Waals surface area contributed by atoms with Gasteiger partial charge in [-0.3, -0.25) is 4.79 Å². The van der Waals surface area contributed by atoms with Crippen molar-refractivity contribution in [2.45, 2.75) is 27.7 Å². The maximum absolute atomic E-state index is 12.2. The average molecular weight is 298 g/mol. The number of aromatic amines is 1. The number of rotatable bonds is 2. The van der Waals surface area contributed by atoms with Crippen molar-refractivity contribution < 1.29 is 9.90 Å². The van der Waals surface area contributed by atoms with Crippen LogP contribution in [0.1, 0.15) is 43.9 Å². The van der Waals surface area contributed by atoms with E-state index in [1.165, 1.54) is 12.1 Å². The Hall–Kier alpha value is -2.62. The molecule has 2 aromatic carbocycles. The van der Waals surface area contributed by atoms with Crippen LogP contribution >= 0.6 is 0 Å². The Morgan fingerprint density at radius 1 is 0.955 bits per heavy atom. The van der Waals surface area contributed by atoms with Gasteiger partial charge in [-0.25, -0.2) is 4.98 Å². The summed E-state index contributed by atoms with van der Waals surface area (Å²) in [5, 5.41) is 9.19. The fourth-order valence-electron chi connectivity index (χ4n) is 1.81. The molecule has 0 saturated heterocycles. The largest absolute Gasteiger partial charge is 0.508 e. The van der Waals surface area contributed by atoms with Crippen molar-refractivity contribution in [2.24, 2.45) is 0 Å². The number of H-pyrrole nitrogens is 1. The molecule has 0 spiro atoms. The molecule has 22 heavy (non-hydrogen) atoms. The third kappa shape index (κ3) is 3.95. The highest BCUT2D eigenvalue weighted by Crippen LogP contribution is 2.15. The predicted molar refractivity (Wildman–Crippen MR) is 90.3 cm³/mol. The quantitative estimate of drug-likeness (QED) is 0.682. The summed E-state index contributed by atoms with van der Waals surface area (Å²) in [7, 11) is 0. The summed E-state index contributed by atoms with van der Waals surface area (Å²) in [5.41, 5.74) is 2.09. The number of hydrogen-bond acceptors (Lipinski definition) is 3. The van der Waals surface area contributed by atoms with Gasteiger partial charge in [0.05, 0.1) is 11.0 Å². The van der Waals surface area contributed by atoms with Gasteiger partial charge in [0.2, 0.25) is 5.78 Å². The van der Waals surface area contributed by atoms with Crippen molar-refractivity contribution >= 4 is 16.8 Å². The molecule has 0 amide bonds. The fraction of sp³-hybridized carbons (Fsp3) is 0.222. The van der Waals surface area contributed by atoms with E-state index >= 15 is 0 Å². The molecule has 0 aliphatic carbocycles. The Bertz CT molecular complexity index is 682. The molecule has 0 aliphatic heterocycles. The van der Waals surface area contributed by atoms with E-state index in [9.17, 15) is 9.90 Å². The summed E-state index contributed by atoms with van der Waals surface area (Å²) in [5.74, 6) is 0.254. The first kappa shape index (κ1) is 17.4. The van der Waals surface area contributed by atoms with Crippen LogP contribution in [-0.4, -0.2) is 20.9 Å². The van der Waals surface area contributed by atoms with E-state index in [1.54, 1.807) is 12.1 Å². The summed E-state index contributed by atoms with van der Waals surface area (Å²) in [4.78, 5) is 19.4. The highest BCUT2D eigenvalue weighted by atomic mass is 16.3. The first-order chi connectivity index (χ1) is 10.7. The second-order valence-corrected chi connectivity index (χ2v) is 3.98. The maximum atomic E-state index is 12.2. The lowest BCUT2D eigenvalue weighted by atomic mass is 10.1. The van der Waals surface area contributed by atoms with E-state index in [0.29, 0.717) is 11.4 Å². The number of phenols is 1. The second kappa shape index (κ2) is 8.62. The second-order valence-electron chi connectivity index (χ2n) is 3.98. The van der Waals surface area contributed by atoms with Crippen LogP contribution in [0.3, 0.4) is 0 Å². The van der Waals surface area contributed by atoms with Crippen LogP contribution in [0.25, 0.3) is 11.0 Å². The van der Waals surface area contributed by atoms with Gasteiger partial charge in [-0.2, -0.15) is 0 Å². The number of aromatic hydroxyl groups is 1. The van der Waals surface area contributed by atoms with E-state index in [2.05, 4.69) is 9.97 Å². The molecule has 3 aromatic rings. The van der Waals surface area contributed by atoms with Gasteiger partial charge in [0.15, 0.2) is 5.82 Å². The van der Waals surface area contributed by atoms with E-state index in [-0.39, 0.29) is 11.5 Å². The number of nitrogens with one attached hydrogen (secondary N) is 1. The van der Waals surface area contributed by atoms with Gasteiger partial charge in [-0.05, 0) is 36.4 Å². The smallest absolute Gasteiger partial charge is 0.228 e. The minimum atomic E-state index is -0.189. The van der Waals surface area contributed by atoms with Crippen LogP contribution in [0, 0.1) is 0 Å². The minimum absolute atomic E-state index is 0.135. The summed E-state index contributed by atoms with van der Waals surface area (Å²) < 4.78 is 0. The monoisotopic (exact) mass is 298 g/mol. The molecule has 0 unspecified atom stereocenters. The number of phenolic OH excluding ortho intramolecular Hbond substituents is 1. The number of nitrogens with zero attached hydrogens (tertiary/aromatic N) is 1. The Morgan fingerprint density at radius 2 is 1.55 bits per heavy atom. The van der Waals surface area contributed by atoms with Crippen LogP contribution < -0.4 is 0 Å². The normalized spacial score (nSPS) is 9.27. The van der Waals surface area contributed by atoms with Gasteiger partial charge >= 0.3 is 0 Å². The third-order valence-electron chi connectivity index (χ3n) is 2.73. The van der Waals surface area contributed by atoms with Gasteiger partial charge in [0, 0.05) is 5.56 Å².